The van der Waals surface area contributed by atoms with E-state index in [1.165, 1.54) is 37.6 Å². The fourth-order valence-corrected chi connectivity index (χ4v) is 3.68. The van der Waals surface area contributed by atoms with E-state index in [1.807, 2.05) is 0 Å². The van der Waals surface area contributed by atoms with E-state index >= 15 is 0 Å². The Hall–Kier alpha value is -2.98. The zero-order valence-electron chi connectivity index (χ0n) is 15.5. The lowest BCUT2D eigenvalue weighted by atomic mass is 9.93. The van der Waals surface area contributed by atoms with Gasteiger partial charge in [0.2, 0.25) is 0 Å². The van der Waals surface area contributed by atoms with E-state index in [1.54, 1.807) is 18.2 Å². The van der Waals surface area contributed by atoms with Crippen molar-refractivity contribution in [3.8, 4) is 5.75 Å². The summed E-state index contributed by atoms with van der Waals surface area (Å²) in [6, 6.07) is 9.27. The molecule has 0 aliphatic carbocycles. The number of methoxy groups -OCH3 is 3. The van der Waals surface area contributed by atoms with Crippen molar-refractivity contribution in [1.82, 2.24) is 9.71 Å². The Balaban J connectivity index is 2.53. The minimum absolute atomic E-state index is 0.262. The van der Waals surface area contributed by atoms with Crippen LogP contribution in [0.2, 0.25) is 0 Å². The molecule has 0 bridgehead atoms. The first kappa shape index (κ1) is 21.3. The third-order valence-electron chi connectivity index (χ3n) is 3.91. The van der Waals surface area contributed by atoms with Crippen molar-refractivity contribution < 1.29 is 32.2 Å². The van der Waals surface area contributed by atoms with Crippen molar-refractivity contribution in [2.24, 2.45) is 5.92 Å². The van der Waals surface area contributed by atoms with Gasteiger partial charge in [0.1, 0.15) is 5.75 Å². The van der Waals surface area contributed by atoms with Crippen molar-refractivity contribution in [2.45, 2.75) is 11.1 Å². The number of rotatable bonds is 8. The minimum Gasteiger partial charge on any atom is -0.497 e. The molecule has 1 aromatic carbocycles. The molecular weight excluding hydrogens is 388 g/mol. The van der Waals surface area contributed by atoms with Gasteiger partial charge in [-0.3, -0.25) is 9.59 Å². The molecule has 0 saturated carbocycles. The molecule has 0 aliphatic rings. The highest BCUT2D eigenvalue weighted by atomic mass is 32.2. The molecule has 1 aromatic heterocycles. The van der Waals surface area contributed by atoms with Gasteiger partial charge in [0.25, 0.3) is 10.0 Å². The van der Waals surface area contributed by atoms with Gasteiger partial charge in [-0.15, -0.1) is 0 Å². The first-order valence-electron chi connectivity index (χ1n) is 8.07. The van der Waals surface area contributed by atoms with Crippen LogP contribution in [0, 0.1) is 5.92 Å². The van der Waals surface area contributed by atoms with Crippen LogP contribution in [0.15, 0.2) is 53.7 Å². The molecular formula is C18H20N2O7S. The number of esters is 2. The van der Waals surface area contributed by atoms with Crippen LogP contribution in [0.3, 0.4) is 0 Å². The highest BCUT2D eigenvalue weighted by molar-refractivity contribution is 7.89. The standard InChI is InChI=1S/C18H20N2O7S/c1-25-13-9-7-12(8-10-13)16(15(17(21)26-2)18(22)27-3)20-28(23,24)14-6-4-5-11-19-14/h4-11,15-16,20H,1-3H3/t16-/m1/s1. The summed E-state index contributed by atoms with van der Waals surface area (Å²) in [6.07, 6.45) is 1.31. The van der Waals surface area contributed by atoms with E-state index in [9.17, 15) is 18.0 Å². The largest absolute Gasteiger partial charge is 0.497 e. The molecule has 1 heterocycles. The van der Waals surface area contributed by atoms with Crippen LogP contribution >= 0.6 is 0 Å². The first-order chi connectivity index (χ1) is 13.3. The second-order valence-electron chi connectivity index (χ2n) is 5.56. The van der Waals surface area contributed by atoms with E-state index in [0.29, 0.717) is 11.3 Å². The summed E-state index contributed by atoms with van der Waals surface area (Å²) in [6.45, 7) is 0. The van der Waals surface area contributed by atoms with Gasteiger partial charge in [0, 0.05) is 6.20 Å². The maximum Gasteiger partial charge on any atom is 0.322 e. The molecule has 2 aromatic rings. The van der Waals surface area contributed by atoms with E-state index < -0.39 is 33.9 Å². The molecule has 1 atom stereocenters. The fraction of sp³-hybridized carbons (Fsp3) is 0.278. The lowest BCUT2D eigenvalue weighted by Crippen LogP contribution is -2.41. The van der Waals surface area contributed by atoms with Gasteiger partial charge in [-0.25, -0.2) is 18.1 Å². The van der Waals surface area contributed by atoms with Crippen LogP contribution in [0.4, 0.5) is 0 Å². The van der Waals surface area contributed by atoms with Crippen LogP contribution in [0.5, 0.6) is 5.75 Å². The number of nitrogens with one attached hydrogen (secondary N) is 1. The molecule has 1 N–H and O–H groups in total. The van der Waals surface area contributed by atoms with Crippen molar-refractivity contribution in [3.63, 3.8) is 0 Å². The van der Waals surface area contributed by atoms with Gasteiger partial charge < -0.3 is 14.2 Å². The highest BCUT2D eigenvalue weighted by Gasteiger charge is 2.40. The average Bonchev–Trinajstić information content (AvgIpc) is 2.73. The van der Waals surface area contributed by atoms with Crippen molar-refractivity contribution in [2.75, 3.05) is 21.3 Å². The third-order valence-corrected chi connectivity index (χ3v) is 5.27. The lowest BCUT2D eigenvalue weighted by Gasteiger charge is -2.24. The minimum atomic E-state index is -4.16. The number of aromatic nitrogens is 1. The molecule has 28 heavy (non-hydrogen) atoms. The Morgan fingerprint density at radius 1 is 0.964 bits per heavy atom. The molecule has 0 saturated heterocycles. The maximum atomic E-state index is 12.8. The van der Waals surface area contributed by atoms with E-state index in [4.69, 9.17) is 4.74 Å². The van der Waals surface area contributed by atoms with Crippen LogP contribution in [-0.2, 0) is 29.1 Å². The average molecular weight is 408 g/mol. The molecule has 9 nitrogen and oxygen atoms in total. The Kier molecular flexibility index (Phi) is 7.07. The predicted molar refractivity (Wildman–Crippen MR) is 97.8 cm³/mol. The summed E-state index contributed by atoms with van der Waals surface area (Å²) in [4.78, 5) is 28.4. The number of carbonyl (C=O) groups excluding carboxylic acids is 2. The third kappa shape index (κ3) is 4.84. The number of hydrogen-bond acceptors (Lipinski definition) is 8. The van der Waals surface area contributed by atoms with E-state index in [2.05, 4.69) is 19.2 Å². The summed E-state index contributed by atoms with van der Waals surface area (Å²) >= 11 is 0. The zero-order valence-corrected chi connectivity index (χ0v) is 16.3. The smallest absolute Gasteiger partial charge is 0.322 e. The van der Waals surface area contributed by atoms with Crippen molar-refractivity contribution in [1.29, 1.82) is 0 Å². The van der Waals surface area contributed by atoms with Crippen LogP contribution < -0.4 is 9.46 Å². The molecule has 2 rings (SSSR count). The number of nitrogens with zero attached hydrogens (tertiary/aromatic N) is 1. The Morgan fingerprint density at radius 2 is 1.57 bits per heavy atom. The molecule has 0 amide bonds. The Morgan fingerprint density at radius 3 is 2.04 bits per heavy atom. The molecule has 0 spiro atoms. The van der Waals surface area contributed by atoms with E-state index in [0.717, 1.165) is 14.2 Å². The normalized spacial score (nSPS) is 12.3. The van der Waals surface area contributed by atoms with Gasteiger partial charge in [0.15, 0.2) is 10.9 Å². The monoisotopic (exact) mass is 408 g/mol. The van der Waals surface area contributed by atoms with Gasteiger partial charge in [-0.1, -0.05) is 18.2 Å². The number of sulfonamides is 1. The van der Waals surface area contributed by atoms with Gasteiger partial charge >= 0.3 is 11.9 Å². The summed E-state index contributed by atoms with van der Waals surface area (Å²) < 4.78 is 42.3. The highest BCUT2D eigenvalue weighted by Crippen LogP contribution is 2.28. The zero-order chi connectivity index (χ0) is 20.7. The number of pyridine rings is 1. The Bertz CT molecular complexity index is 899. The van der Waals surface area contributed by atoms with E-state index in [-0.39, 0.29) is 5.03 Å². The molecule has 0 unspecified atom stereocenters. The predicted octanol–water partition coefficient (Wildman–Crippen LogP) is 1.07. The second-order valence-corrected chi connectivity index (χ2v) is 7.22. The van der Waals surface area contributed by atoms with Gasteiger partial charge in [0.05, 0.1) is 27.4 Å². The quantitative estimate of drug-likeness (QED) is 0.509. The lowest BCUT2D eigenvalue weighted by molar-refractivity contribution is -0.160. The van der Waals surface area contributed by atoms with Crippen LogP contribution in [0.25, 0.3) is 0 Å². The summed E-state index contributed by atoms with van der Waals surface area (Å²) in [5.74, 6) is -2.95. The number of benzene rings is 1. The number of hydrogen-bond donors (Lipinski definition) is 1. The molecule has 0 fully saturated rings. The Labute approximate surface area is 162 Å². The number of carbonyl (C=O) groups is 2. The summed E-state index contributed by atoms with van der Waals surface area (Å²) in [5, 5.41) is -0.262. The fourth-order valence-electron chi connectivity index (χ4n) is 2.50. The molecule has 10 heteroatoms. The molecule has 150 valence electrons. The molecule has 0 aliphatic heterocycles. The van der Waals surface area contributed by atoms with Gasteiger partial charge in [-0.2, -0.15) is 0 Å². The second kappa shape index (κ2) is 9.29. The summed E-state index contributed by atoms with van der Waals surface area (Å²) in [5.41, 5.74) is 0.334. The SMILES string of the molecule is COC(=O)C(C(=O)OC)[C@H](NS(=O)(=O)c1ccccn1)c1ccc(OC)cc1. The number of ether oxygens (including phenoxy) is 3. The van der Waals surface area contributed by atoms with Gasteiger partial charge in [-0.05, 0) is 29.8 Å². The topological polar surface area (TPSA) is 121 Å². The van der Waals surface area contributed by atoms with Crippen molar-refractivity contribution in [3.05, 3.63) is 54.2 Å². The summed E-state index contributed by atoms with van der Waals surface area (Å²) in [7, 11) is -0.498. The van der Waals surface area contributed by atoms with Crippen LogP contribution in [-0.4, -0.2) is 46.7 Å². The van der Waals surface area contributed by atoms with Crippen molar-refractivity contribution >= 4 is 22.0 Å². The molecule has 0 radical (unpaired) electrons. The first-order valence-corrected chi connectivity index (χ1v) is 9.55. The maximum absolute atomic E-state index is 12.8. The van der Waals surface area contributed by atoms with Crippen LogP contribution in [0.1, 0.15) is 11.6 Å².